The Balaban J connectivity index is 1.32. The third kappa shape index (κ3) is 4.63. The molecular formula is C20H22N4O2S. The van der Waals surface area contributed by atoms with E-state index in [2.05, 4.69) is 32.5 Å². The summed E-state index contributed by atoms with van der Waals surface area (Å²) < 4.78 is 5.37. The number of nitrogens with zero attached hydrogens (tertiary/aromatic N) is 2. The number of carbonyl (C=O) groups excluding carboxylic acids is 1. The van der Waals surface area contributed by atoms with Gasteiger partial charge in [-0.2, -0.15) is 5.10 Å². The molecule has 2 aromatic heterocycles. The number of hydrogen-bond donors (Lipinski definition) is 2. The molecule has 3 heterocycles. The highest BCUT2D eigenvalue weighted by Crippen LogP contribution is 2.23. The van der Waals surface area contributed by atoms with E-state index in [1.165, 1.54) is 5.56 Å². The zero-order valence-corrected chi connectivity index (χ0v) is 15.8. The van der Waals surface area contributed by atoms with Gasteiger partial charge in [-0.05, 0) is 41.6 Å². The number of rotatable bonds is 6. The van der Waals surface area contributed by atoms with Gasteiger partial charge < -0.3 is 10.1 Å². The van der Waals surface area contributed by atoms with E-state index in [1.807, 2.05) is 29.6 Å². The van der Waals surface area contributed by atoms with Gasteiger partial charge in [-0.15, -0.1) is 11.3 Å². The van der Waals surface area contributed by atoms with Crippen molar-refractivity contribution in [2.24, 2.45) is 0 Å². The van der Waals surface area contributed by atoms with E-state index in [0.29, 0.717) is 5.69 Å². The second-order valence-electron chi connectivity index (χ2n) is 6.50. The molecule has 1 saturated heterocycles. The number of amides is 1. The molecule has 1 fully saturated rings. The Labute approximate surface area is 162 Å². The summed E-state index contributed by atoms with van der Waals surface area (Å²) in [6.45, 7) is 4.70. The molecule has 4 rings (SSSR count). The lowest BCUT2D eigenvalue weighted by Crippen LogP contribution is -2.37. The van der Waals surface area contributed by atoms with Crippen molar-refractivity contribution in [2.45, 2.75) is 6.42 Å². The van der Waals surface area contributed by atoms with Crippen molar-refractivity contribution in [1.82, 2.24) is 15.1 Å². The first-order valence-corrected chi connectivity index (χ1v) is 9.95. The number of benzene rings is 1. The number of thiophene rings is 1. The molecule has 27 heavy (non-hydrogen) atoms. The molecule has 0 saturated carbocycles. The second-order valence-corrected chi connectivity index (χ2v) is 7.45. The Bertz CT molecular complexity index is 868. The molecule has 140 valence electrons. The fourth-order valence-corrected chi connectivity index (χ4v) is 3.75. The highest BCUT2D eigenvalue weighted by Gasteiger charge is 2.13. The van der Waals surface area contributed by atoms with Crippen LogP contribution in [0.4, 0.5) is 5.69 Å². The number of anilines is 1. The van der Waals surface area contributed by atoms with Gasteiger partial charge in [0, 0.05) is 25.3 Å². The highest BCUT2D eigenvalue weighted by atomic mass is 32.1. The third-order valence-electron chi connectivity index (χ3n) is 4.63. The Kier molecular flexibility index (Phi) is 5.62. The highest BCUT2D eigenvalue weighted by molar-refractivity contribution is 7.13. The van der Waals surface area contributed by atoms with E-state index in [-0.39, 0.29) is 5.91 Å². The molecule has 0 atom stereocenters. The normalized spacial score (nSPS) is 15.0. The van der Waals surface area contributed by atoms with Crippen LogP contribution in [0.3, 0.4) is 0 Å². The van der Waals surface area contributed by atoms with Crippen LogP contribution in [0.25, 0.3) is 10.6 Å². The number of carbonyl (C=O) groups is 1. The van der Waals surface area contributed by atoms with Crippen LogP contribution < -0.4 is 5.32 Å². The van der Waals surface area contributed by atoms with Crippen LogP contribution in [0.1, 0.15) is 16.1 Å². The smallest absolute Gasteiger partial charge is 0.276 e. The molecule has 1 aromatic carbocycles. The van der Waals surface area contributed by atoms with Crippen molar-refractivity contribution in [3.8, 4) is 10.6 Å². The number of morpholine rings is 1. The van der Waals surface area contributed by atoms with Crippen LogP contribution in [-0.4, -0.2) is 53.9 Å². The maximum Gasteiger partial charge on any atom is 0.276 e. The summed E-state index contributed by atoms with van der Waals surface area (Å²) in [7, 11) is 0. The first-order chi connectivity index (χ1) is 13.3. The third-order valence-corrected chi connectivity index (χ3v) is 5.53. The first-order valence-electron chi connectivity index (χ1n) is 9.07. The van der Waals surface area contributed by atoms with Gasteiger partial charge in [-0.3, -0.25) is 14.8 Å². The summed E-state index contributed by atoms with van der Waals surface area (Å²) in [4.78, 5) is 15.9. The van der Waals surface area contributed by atoms with E-state index in [9.17, 15) is 4.79 Å². The van der Waals surface area contributed by atoms with Crippen LogP contribution >= 0.6 is 11.3 Å². The average Bonchev–Trinajstić information content (AvgIpc) is 3.40. The van der Waals surface area contributed by atoms with Crippen LogP contribution in [0.5, 0.6) is 0 Å². The van der Waals surface area contributed by atoms with Gasteiger partial charge in [0.15, 0.2) is 5.69 Å². The van der Waals surface area contributed by atoms with E-state index in [4.69, 9.17) is 4.74 Å². The molecule has 0 spiro atoms. The summed E-state index contributed by atoms with van der Waals surface area (Å²) in [5.74, 6) is -0.213. The van der Waals surface area contributed by atoms with E-state index >= 15 is 0 Å². The molecule has 0 unspecified atom stereocenters. The molecule has 1 aliphatic rings. The van der Waals surface area contributed by atoms with Gasteiger partial charge >= 0.3 is 0 Å². The second kappa shape index (κ2) is 8.47. The first kappa shape index (κ1) is 17.9. The van der Waals surface area contributed by atoms with E-state index in [1.54, 1.807) is 17.4 Å². The predicted molar refractivity (Wildman–Crippen MR) is 107 cm³/mol. The number of ether oxygens (including phenoxy) is 1. The van der Waals surface area contributed by atoms with Crippen molar-refractivity contribution in [2.75, 3.05) is 38.2 Å². The molecule has 1 amide bonds. The Hall–Kier alpha value is -2.48. The fourth-order valence-electron chi connectivity index (χ4n) is 3.06. The van der Waals surface area contributed by atoms with E-state index < -0.39 is 0 Å². The number of aromatic nitrogens is 2. The van der Waals surface area contributed by atoms with Crippen molar-refractivity contribution in [1.29, 1.82) is 0 Å². The topological polar surface area (TPSA) is 70.2 Å². The molecule has 0 radical (unpaired) electrons. The number of hydrogen-bond acceptors (Lipinski definition) is 5. The molecular weight excluding hydrogens is 360 g/mol. The minimum Gasteiger partial charge on any atom is -0.379 e. The van der Waals surface area contributed by atoms with Gasteiger partial charge in [-0.1, -0.05) is 18.2 Å². The lowest BCUT2D eigenvalue weighted by atomic mass is 10.1. The Morgan fingerprint density at radius 2 is 2.04 bits per heavy atom. The minimum atomic E-state index is -0.213. The Morgan fingerprint density at radius 1 is 1.22 bits per heavy atom. The van der Waals surface area contributed by atoms with Crippen LogP contribution in [-0.2, 0) is 11.2 Å². The van der Waals surface area contributed by atoms with Gasteiger partial charge in [0.25, 0.3) is 5.91 Å². The van der Waals surface area contributed by atoms with Gasteiger partial charge in [0.1, 0.15) is 0 Å². The minimum absolute atomic E-state index is 0.213. The van der Waals surface area contributed by atoms with Gasteiger partial charge in [-0.25, -0.2) is 0 Å². The lowest BCUT2D eigenvalue weighted by Gasteiger charge is -2.26. The number of aromatic amines is 1. The van der Waals surface area contributed by atoms with Crippen LogP contribution in [0.15, 0.2) is 47.8 Å². The van der Waals surface area contributed by atoms with Gasteiger partial charge in [0.05, 0.1) is 23.8 Å². The standard InChI is InChI=1S/C20H22N4O2S/c25-20(18-14-17(22-23-18)19-2-1-13-27-19)21-16-5-3-15(4-6-16)7-8-24-9-11-26-12-10-24/h1-6,13-14H,7-12H2,(H,21,25)(H,22,23). The van der Waals surface area contributed by atoms with Crippen molar-refractivity contribution in [3.05, 3.63) is 59.1 Å². The quantitative estimate of drug-likeness (QED) is 0.686. The van der Waals surface area contributed by atoms with Crippen LogP contribution in [0.2, 0.25) is 0 Å². The molecule has 7 heteroatoms. The summed E-state index contributed by atoms with van der Waals surface area (Å²) in [5, 5.41) is 11.9. The molecule has 1 aliphatic heterocycles. The zero-order valence-electron chi connectivity index (χ0n) is 15.0. The lowest BCUT2D eigenvalue weighted by molar-refractivity contribution is 0.0384. The summed E-state index contributed by atoms with van der Waals surface area (Å²) in [5.41, 5.74) is 3.28. The monoisotopic (exact) mass is 382 g/mol. The van der Waals surface area contributed by atoms with E-state index in [0.717, 1.165) is 55.5 Å². The zero-order chi connectivity index (χ0) is 18.5. The Morgan fingerprint density at radius 3 is 2.78 bits per heavy atom. The fraction of sp³-hybridized carbons (Fsp3) is 0.300. The molecule has 6 nitrogen and oxygen atoms in total. The maximum atomic E-state index is 12.4. The van der Waals surface area contributed by atoms with Crippen LogP contribution in [0, 0.1) is 0 Å². The van der Waals surface area contributed by atoms with Gasteiger partial charge in [0.2, 0.25) is 0 Å². The summed E-state index contributed by atoms with van der Waals surface area (Å²) >= 11 is 1.61. The van der Waals surface area contributed by atoms with Crippen molar-refractivity contribution < 1.29 is 9.53 Å². The number of nitrogens with one attached hydrogen (secondary N) is 2. The molecule has 0 bridgehead atoms. The largest absolute Gasteiger partial charge is 0.379 e. The molecule has 0 aliphatic carbocycles. The number of H-pyrrole nitrogens is 1. The maximum absolute atomic E-state index is 12.4. The average molecular weight is 382 g/mol. The molecule has 3 aromatic rings. The van der Waals surface area contributed by atoms with Crippen molar-refractivity contribution >= 4 is 22.9 Å². The summed E-state index contributed by atoms with van der Waals surface area (Å²) in [6, 6.07) is 13.8. The SMILES string of the molecule is O=C(Nc1ccc(CCN2CCOCC2)cc1)c1cc(-c2cccs2)[nH]n1. The predicted octanol–water partition coefficient (Wildman–Crippen LogP) is 3.27. The summed E-state index contributed by atoms with van der Waals surface area (Å²) in [6.07, 6.45) is 0.998. The molecule has 2 N–H and O–H groups in total. The van der Waals surface area contributed by atoms with Crippen molar-refractivity contribution in [3.63, 3.8) is 0 Å².